The highest BCUT2D eigenvalue weighted by atomic mass is 127. The molecule has 0 amide bonds. The maximum Gasteiger partial charge on any atom is 0.192 e. The fourth-order valence-electron chi connectivity index (χ4n) is 2.76. The molecule has 0 aliphatic carbocycles. The lowest BCUT2D eigenvalue weighted by Gasteiger charge is -2.34. The van der Waals surface area contributed by atoms with Gasteiger partial charge in [0.15, 0.2) is 5.96 Å². The zero-order chi connectivity index (χ0) is 17.2. The van der Waals surface area contributed by atoms with Crippen LogP contribution in [0.4, 0.5) is 0 Å². The SMILES string of the molecule is C#CCNC(=NCC(c1ccc(C)cc1)N1CCOCC1)NCC.I. The van der Waals surface area contributed by atoms with Gasteiger partial charge in [-0.2, -0.15) is 0 Å². The summed E-state index contributed by atoms with van der Waals surface area (Å²) in [4.78, 5) is 7.19. The van der Waals surface area contributed by atoms with Gasteiger partial charge in [0, 0.05) is 19.6 Å². The van der Waals surface area contributed by atoms with Gasteiger partial charge in [-0.1, -0.05) is 35.7 Å². The van der Waals surface area contributed by atoms with E-state index in [0.717, 1.165) is 38.8 Å². The summed E-state index contributed by atoms with van der Waals surface area (Å²) >= 11 is 0. The van der Waals surface area contributed by atoms with Crippen LogP contribution in [0.5, 0.6) is 0 Å². The minimum atomic E-state index is 0. The summed E-state index contributed by atoms with van der Waals surface area (Å²) in [5.41, 5.74) is 2.56. The third-order valence-electron chi connectivity index (χ3n) is 4.07. The highest BCUT2D eigenvalue weighted by Crippen LogP contribution is 2.22. The molecule has 2 rings (SSSR count). The van der Waals surface area contributed by atoms with Crippen LogP contribution in [0.25, 0.3) is 0 Å². The molecule has 5 nitrogen and oxygen atoms in total. The molecule has 1 aliphatic heterocycles. The first-order valence-electron chi connectivity index (χ1n) is 8.58. The average molecular weight is 456 g/mol. The summed E-state index contributed by atoms with van der Waals surface area (Å²) in [5, 5.41) is 6.39. The second kappa shape index (κ2) is 12.1. The molecular formula is C19H29IN4O. The monoisotopic (exact) mass is 456 g/mol. The van der Waals surface area contributed by atoms with Gasteiger partial charge in [-0.15, -0.1) is 30.4 Å². The van der Waals surface area contributed by atoms with Crippen molar-refractivity contribution < 1.29 is 4.74 Å². The van der Waals surface area contributed by atoms with Crippen LogP contribution >= 0.6 is 24.0 Å². The number of halogens is 1. The van der Waals surface area contributed by atoms with Crippen molar-refractivity contribution in [2.45, 2.75) is 19.9 Å². The van der Waals surface area contributed by atoms with Crippen molar-refractivity contribution in [3.63, 3.8) is 0 Å². The Morgan fingerprint density at radius 1 is 1.28 bits per heavy atom. The lowest BCUT2D eigenvalue weighted by molar-refractivity contribution is 0.0179. The van der Waals surface area contributed by atoms with Gasteiger partial charge < -0.3 is 15.4 Å². The summed E-state index contributed by atoms with van der Waals surface area (Å²) in [6.45, 7) is 9.55. The Morgan fingerprint density at radius 2 is 1.96 bits per heavy atom. The Balaban J connectivity index is 0.00000312. The number of rotatable bonds is 6. The number of hydrogen-bond acceptors (Lipinski definition) is 3. The fraction of sp³-hybridized carbons (Fsp3) is 0.526. The van der Waals surface area contributed by atoms with Crippen molar-refractivity contribution >= 4 is 29.9 Å². The van der Waals surface area contributed by atoms with Crippen molar-refractivity contribution in [3.05, 3.63) is 35.4 Å². The quantitative estimate of drug-likeness (QED) is 0.298. The van der Waals surface area contributed by atoms with E-state index in [9.17, 15) is 0 Å². The highest BCUT2D eigenvalue weighted by Gasteiger charge is 2.22. The van der Waals surface area contributed by atoms with Gasteiger partial charge in [0.05, 0.1) is 32.3 Å². The molecular weight excluding hydrogens is 427 g/mol. The molecule has 1 heterocycles. The topological polar surface area (TPSA) is 48.9 Å². The zero-order valence-electron chi connectivity index (χ0n) is 15.1. The molecule has 1 aromatic carbocycles. The number of aryl methyl sites for hydroxylation is 1. The van der Waals surface area contributed by atoms with Crippen LogP contribution in [0, 0.1) is 19.3 Å². The molecule has 0 aromatic heterocycles. The van der Waals surface area contributed by atoms with Gasteiger partial charge in [0.1, 0.15) is 0 Å². The van der Waals surface area contributed by atoms with Gasteiger partial charge in [-0.3, -0.25) is 9.89 Å². The van der Waals surface area contributed by atoms with Gasteiger partial charge in [0.2, 0.25) is 0 Å². The first kappa shape index (κ1) is 21.7. The minimum Gasteiger partial charge on any atom is -0.379 e. The third-order valence-corrected chi connectivity index (χ3v) is 4.07. The predicted molar refractivity (Wildman–Crippen MR) is 115 cm³/mol. The number of guanidine groups is 1. The molecule has 0 spiro atoms. The minimum absolute atomic E-state index is 0. The molecule has 1 unspecified atom stereocenters. The lowest BCUT2D eigenvalue weighted by atomic mass is 10.0. The standard InChI is InChI=1S/C19H28N4O.HI/c1-4-10-21-19(20-5-2)22-15-18(23-11-13-24-14-12-23)17-8-6-16(3)7-9-17;/h1,6-9,18H,5,10-15H2,2-3H3,(H2,20,21,22);1H. The molecule has 0 saturated carbocycles. The molecule has 1 atom stereocenters. The number of ether oxygens (including phenoxy) is 1. The molecule has 138 valence electrons. The Labute approximate surface area is 168 Å². The van der Waals surface area contributed by atoms with Crippen LogP contribution in [0.1, 0.15) is 24.1 Å². The Bertz CT molecular complexity index is 562. The lowest BCUT2D eigenvalue weighted by Crippen LogP contribution is -2.41. The molecule has 6 heteroatoms. The number of hydrogen-bond donors (Lipinski definition) is 2. The van der Waals surface area contributed by atoms with E-state index in [-0.39, 0.29) is 30.0 Å². The van der Waals surface area contributed by atoms with E-state index in [0.29, 0.717) is 13.1 Å². The van der Waals surface area contributed by atoms with Crippen LogP contribution in [0.15, 0.2) is 29.3 Å². The van der Waals surface area contributed by atoms with Crippen LogP contribution in [-0.4, -0.2) is 56.8 Å². The van der Waals surface area contributed by atoms with Gasteiger partial charge in [-0.25, -0.2) is 0 Å². The summed E-state index contributed by atoms with van der Waals surface area (Å²) in [6.07, 6.45) is 5.33. The third kappa shape index (κ3) is 7.22. The van der Waals surface area contributed by atoms with Crippen molar-refractivity contribution in [3.8, 4) is 12.3 Å². The normalized spacial score (nSPS) is 16.4. The first-order chi connectivity index (χ1) is 11.7. The van der Waals surface area contributed by atoms with E-state index >= 15 is 0 Å². The average Bonchev–Trinajstić information content (AvgIpc) is 2.62. The summed E-state index contributed by atoms with van der Waals surface area (Å²) in [7, 11) is 0. The summed E-state index contributed by atoms with van der Waals surface area (Å²) in [5.74, 6) is 3.35. The molecule has 25 heavy (non-hydrogen) atoms. The van der Waals surface area contributed by atoms with Crippen LogP contribution < -0.4 is 10.6 Å². The van der Waals surface area contributed by atoms with Gasteiger partial charge in [0.25, 0.3) is 0 Å². The van der Waals surface area contributed by atoms with Crippen molar-refractivity contribution in [2.24, 2.45) is 4.99 Å². The van der Waals surface area contributed by atoms with E-state index in [2.05, 4.69) is 52.6 Å². The molecule has 1 aromatic rings. The second-order valence-electron chi connectivity index (χ2n) is 5.85. The predicted octanol–water partition coefficient (Wildman–Crippen LogP) is 2.17. The molecule has 0 bridgehead atoms. The smallest absolute Gasteiger partial charge is 0.192 e. The molecule has 0 radical (unpaired) electrons. The molecule has 1 fully saturated rings. The Hall–Kier alpha value is -1.30. The molecule has 1 aliphatic rings. The maximum absolute atomic E-state index is 5.50. The van der Waals surface area contributed by atoms with Crippen molar-refractivity contribution in [1.29, 1.82) is 0 Å². The summed E-state index contributed by atoms with van der Waals surface area (Å²) in [6, 6.07) is 8.97. The number of nitrogens with one attached hydrogen (secondary N) is 2. The van der Waals surface area contributed by atoms with E-state index in [4.69, 9.17) is 16.2 Å². The van der Waals surface area contributed by atoms with Crippen molar-refractivity contribution in [1.82, 2.24) is 15.5 Å². The van der Waals surface area contributed by atoms with Gasteiger partial charge in [-0.05, 0) is 19.4 Å². The van der Waals surface area contributed by atoms with Crippen LogP contribution in [0.2, 0.25) is 0 Å². The number of aliphatic imine (C=N–C) groups is 1. The molecule has 2 N–H and O–H groups in total. The largest absolute Gasteiger partial charge is 0.379 e. The van der Waals surface area contributed by atoms with Crippen LogP contribution in [-0.2, 0) is 4.74 Å². The van der Waals surface area contributed by atoms with E-state index in [1.807, 2.05) is 6.92 Å². The Morgan fingerprint density at radius 3 is 2.56 bits per heavy atom. The number of nitrogens with zero attached hydrogens (tertiary/aromatic N) is 2. The van der Waals surface area contributed by atoms with Crippen LogP contribution in [0.3, 0.4) is 0 Å². The fourth-order valence-corrected chi connectivity index (χ4v) is 2.76. The number of benzene rings is 1. The molecule has 1 saturated heterocycles. The number of terminal acetylenes is 1. The first-order valence-corrected chi connectivity index (χ1v) is 8.58. The zero-order valence-corrected chi connectivity index (χ0v) is 17.5. The van der Waals surface area contributed by atoms with E-state index in [1.165, 1.54) is 11.1 Å². The summed E-state index contributed by atoms with van der Waals surface area (Å²) < 4.78 is 5.50. The van der Waals surface area contributed by atoms with E-state index in [1.54, 1.807) is 0 Å². The maximum atomic E-state index is 5.50. The van der Waals surface area contributed by atoms with Gasteiger partial charge >= 0.3 is 0 Å². The second-order valence-corrected chi connectivity index (χ2v) is 5.85. The Kier molecular flexibility index (Phi) is 10.5. The van der Waals surface area contributed by atoms with Crippen molar-refractivity contribution in [2.75, 3.05) is 45.9 Å². The van der Waals surface area contributed by atoms with E-state index < -0.39 is 0 Å². The highest BCUT2D eigenvalue weighted by molar-refractivity contribution is 14.0. The number of morpholine rings is 1.